The maximum Gasteiger partial charge on any atom is 0.391 e. The fourth-order valence-corrected chi connectivity index (χ4v) is 3.51. The Hall–Kier alpha value is -2.55. The molecule has 0 aliphatic carbocycles. The minimum atomic E-state index is -4.18. The number of pyridine rings is 1. The van der Waals surface area contributed by atoms with Crippen LogP contribution in [-0.2, 0) is 0 Å². The zero-order chi connectivity index (χ0) is 21.0. The van der Waals surface area contributed by atoms with Crippen molar-refractivity contribution in [3.8, 4) is 5.88 Å². The summed E-state index contributed by atoms with van der Waals surface area (Å²) in [5, 5.41) is 12.9. The molecular formula is C20H24F3N3O3. The molecule has 0 radical (unpaired) electrons. The van der Waals surface area contributed by atoms with E-state index in [0.29, 0.717) is 29.3 Å². The van der Waals surface area contributed by atoms with Gasteiger partial charge in [-0.05, 0) is 43.4 Å². The van der Waals surface area contributed by atoms with E-state index in [1.54, 1.807) is 24.3 Å². The Balaban J connectivity index is 1.93. The van der Waals surface area contributed by atoms with Crippen molar-refractivity contribution >= 4 is 22.5 Å². The van der Waals surface area contributed by atoms with Crippen molar-refractivity contribution < 1.29 is 27.8 Å². The summed E-state index contributed by atoms with van der Waals surface area (Å²) < 4.78 is 44.5. The molecule has 2 heterocycles. The zero-order valence-corrected chi connectivity index (χ0v) is 16.1. The lowest BCUT2D eigenvalue weighted by Crippen LogP contribution is -2.39. The van der Waals surface area contributed by atoms with Gasteiger partial charge in [0.1, 0.15) is 5.82 Å². The molecule has 1 aromatic heterocycles. The highest BCUT2D eigenvalue weighted by molar-refractivity contribution is 6.01. The molecule has 1 amide bonds. The third kappa shape index (κ3) is 4.90. The van der Waals surface area contributed by atoms with Gasteiger partial charge in [-0.25, -0.2) is 0 Å². The Bertz CT molecular complexity index is 865. The van der Waals surface area contributed by atoms with Crippen LogP contribution in [0.3, 0.4) is 0 Å². The van der Waals surface area contributed by atoms with Crippen molar-refractivity contribution in [3.63, 3.8) is 0 Å². The van der Waals surface area contributed by atoms with Gasteiger partial charge in [-0.3, -0.25) is 4.79 Å². The second-order valence-corrected chi connectivity index (χ2v) is 6.94. The predicted molar refractivity (Wildman–Crippen MR) is 103 cm³/mol. The van der Waals surface area contributed by atoms with Crippen LogP contribution in [0.5, 0.6) is 5.88 Å². The van der Waals surface area contributed by atoms with Gasteiger partial charge in [-0.2, -0.15) is 18.2 Å². The fourth-order valence-electron chi connectivity index (χ4n) is 3.51. The zero-order valence-electron chi connectivity index (χ0n) is 16.1. The van der Waals surface area contributed by atoms with Gasteiger partial charge in [-0.1, -0.05) is 0 Å². The first-order valence-electron chi connectivity index (χ1n) is 9.61. The number of fused-ring (bicyclic) bond motifs is 1. The number of aromatic nitrogens is 1. The third-order valence-electron chi connectivity index (χ3n) is 5.00. The average Bonchev–Trinajstić information content (AvgIpc) is 2.70. The Morgan fingerprint density at radius 2 is 2.03 bits per heavy atom. The molecule has 6 nitrogen and oxygen atoms in total. The second-order valence-electron chi connectivity index (χ2n) is 6.94. The van der Waals surface area contributed by atoms with Crippen LogP contribution < -0.4 is 15.0 Å². The molecule has 29 heavy (non-hydrogen) atoms. The van der Waals surface area contributed by atoms with E-state index in [-0.39, 0.29) is 45.0 Å². The lowest BCUT2D eigenvalue weighted by molar-refractivity contribution is -0.179. The first-order valence-corrected chi connectivity index (χ1v) is 9.61. The molecule has 1 aromatic carbocycles. The lowest BCUT2D eigenvalue weighted by Gasteiger charge is -2.34. The van der Waals surface area contributed by atoms with E-state index in [0.717, 1.165) is 5.39 Å². The number of amides is 1. The Kier molecular flexibility index (Phi) is 6.46. The summed E-state index contributed by atoms with van der Waals surface area (Å²) in [6.07, 6.45) is -4.13. The molecule has 158 valence electrons. The SMILES string of the molecule is CCOc1cc2cc(C(=O)NCCO)ccc2c(N2CCC(C(F)(F)F)CC2)n1. The van der Waals surface area contributed by atoms with Crippen molar-refractivity contribution in [2.75, 3.05) is 37.7 Å². The van der Waals surface area contributed by atoms with Gasteiger partial charge in [0.25, 0.3) is 5.91 Å². The standard InChI is InChI=1S/C20H24F3N3O3/c1-2-29-17-12-14-11-13(19(28)24-7-10-27)3-4-16(14)18(25-17)26-8-5-15(6-9-26)20(21,22)23/h3-4,11-12,15,27H,2,5-10H2,1H3,(H,24,28). The molecule has 0 spiro atoms. The molecule has 2 N–H and O–H groups in total. The summed E-state index contributed by atoms with van der Waals surface area (Å²) in [7, 11) is 0. The van der Waals surface area contributed by atoms with Crippen molar-refractivity contribution in [1.29, 1.82) is 0 Å². The maximum absolute atomic E-state index is 13.0. The summed E-state index contributed by atoms with van der Waals surface area (Å²) in [6.45, 7) is 2.71. The normalized spacial score (nSPS) is 15.6. The number of carbonyl (C=O) groups is 1. The van der Waals surface area contributed by atoms with Gasteiger partial charge < -0.3 is 20.1 Å². The fraction of sp³-hybridized carbons (Fsp3) is 0.500. The van der Waals surface area contributed by atoms with Gasteiger partial charge in [0.15, 0.2) is 0 Å². The quantitative estimate of drug-likeness (QED) is 0.764. The number of aliphatic hydroxyl groups is 1. The number of halogens is 3. The summed E-state index contributed by atoms with van der Waals surface area (Å²) in [5.74, 6) is -0.681. The minimum Gasteiger partial charge on any atom is -0.478 e. The smallest absolute Gasteiger partial charge is 0.391 e. The van der Waals surface area contributed by atoms with Gasteiger partial charge >= 0.3 is 6.18 Å². The number of rotatable bonds is 6. The van der Waals surface area contributed by atoms with Crippen LogP contribution in [0.15, 0.2) is 24.3 Å². The number of benzene rings is 1. The van der Waals surface area contributed by atoms with E-state index >= 15 is 0 Å². The van der Waals surface area contributed by atoms with E-state index in [4.69, 9.17) is 9.84 Å². The molecule has 0 atom stereocenters. The van der Waals surface area contributed by atoms with Crippen LogP contribution in [0.2, 0.25) is 0 Å². The number of piperidine rings is 1. The van der Waals surface area contributed by atoms with Crippen molar-refractivity contribution in [2.45, 2.75) is 25.9 Å². The van der Waals surface area contributed by atoms with E-state index in [9.17, 15) is 18.0 Å². The Morgan fingerprint density at radius 1 is 1.31 bits per heavy atom. The first-order chi connectivity index (χ1) is 13.8. The average molecular weight is 411 g/mol. The van der Waals surface area contributed by atoms with Crippen molar-refractivity contribution in [3.05, 3.63) is 29.8 Å². The van der Waals surface area contributed by atoms with Gasteiger partial charge in [-0.15, -0.1) is 0 Å². The predicted octanol–water partition coefficient (Wildman–Crippen LogP) is 3.13. The summed E-state index contributed by atoms with van der Waals surface area (Å²) in [6, 6.07) is 6.80. The van der Waals surface area contributed by atoms with Crippen LogP contribution in [0.4, 0.5) is 19.0 Å². The number of carbonyl (C=O) groups excluding carboxylic acids is 1. The van der Waals surface area contributed by atoms with Crippen LogP contribution >= 0.6 is 0 Å². The highest BCUT2D eigenvalue weighted by Crippen LogP contribution is 2.37. The Morgan fingerprint density at radius 3 is 2.66 bits per heavy atom. The summed E-state index contributed by atoms with van der Waals surface area (Å²) >= 11 is 0. The summed E-state index contributed by atoms with van der Waals surface area (Å²) in [4.78, 5) is 18.5. The monoisotopic (exact) mass is 411 g/mol. The maximum atomic E-state index is 13.0. The van der Waals surface area contributed by atoms with E-state index < -0.39 is 12.1 Å². The number of hydrogen-bond donors (Lipinski definition) is 2. The molecule has 0 unspecified atom stereocenters. The molecule has 1 aliphatic rings. The van der Waals surface area contributed by atoms with Crippen molar-refractivity contribution in [1.82, 2.24) is 10.3 Å². The number of nitrogens with zero attached hydrogens (tertiary/aromatic N) is 2. The van der Waals surface area contributed by atoms with Gasteiger partial charge in [0.05, 0.1) is 19.1 Å². The molecular weight excluding hydrogens is 387 g/mol. The molecule has 1 aliphatic heterocycles. The highest BCUT2D eigenvalue weighted by atomic mass is 19.4. The molecule has 1 saturated heterocycles. The number of anilines is 1. The van der Waals surface area contributed by atoms with Crippen LogP contribution in [0.25, 0.3) is 10.8 Å². The number of hydrogen-bond acceptors (Lipinski definition) is 5. The molecule has 3 rings (SSSR count). The van der Waals surface area contributed by atoms with E-state index in [1.807, 2.05) is 11.8 Å². The second kappa shape index (κ2) is 8.86. The molecule has 0 saturated carbocycles. The molecule has 0 bridgehead atoms. The molecule has 2 aromatic rings. The third-order valence-corrected chi connectivity index (χ3v) is 5.00. The number of alkyl halides is 3. The topological polar surface area (TPSA) is 74.7 Å². The van der Waals surface area contributed by atoms with Crippen LogP contribution in [0, 0.1) is 5.92 Å². The van der Waals surface area contributed by atoms with Crippen molar-refractivity contribution in [2.24, 2.45) is 5.92 Å². The highest BCUT2D eigenvalue weighted by Gasteiger charge is 2.41. The van der Waals surface area contributed by atoms with Gasteiger partial charge in [0.2, 0.25) is 5.88 Å². The first kappa shape index (κ1) is 21.2. The minimum absolute atomic E-state index is 0.0210. The van der Waals surface area contributed by atoms with Gasteiger partial charge in [0, 0.05) is 36.7 Å². The lowest BCUT2D eigenvalue weighted by atomic mass is 9.96. The molecule has 9 heteroatoms. The molecule has 1 fully saturated rings. The number of ether oxygens (including phenoxy) is 1. The number of nitrogens with one attached hydrogen (secondary N) is 1. The summed E-state index contributed by atoms with van der Waals surface area (Å²) in [5.41, 5.74) is 0.418. The van der Waals surface area contributed by atoms with Crippen LogP contribution in [0.1, 0.15) is 30.1 Å². The van der Waals surface area contributed by atoms with E-state index in [1.165, 1.54) is 0 Å². The largest absolute Gasteiger partial charge is 0.478 e. The number of aliphatic hydroxyl groups excluding tert-OH is 1. The van der Waals surface area contributed by atoms with Crippen LogP contribution in [-0.4, -0.2) is 55.0 Å². The Labute approximate surface area is 166 Å². The van der Waals surface area contributed by atoms with E-state index in [2.05, 4.69) is 10.3 Å².